The van der Waals surface area contributed by atoms with Crippen molar-refractivity contribution in [3.63, 3.8) is 0 Å². The highest BCUT2D eigenvalue weighted by Gasteiger charge is 2.59. The van der Waals surface area contributed by atoms with Crippen LogP contribution in [-0.4, -0.2) is 10.7 Å². The Morgan fingerprint density at radius 3 is 2.68 bits per heavy atom. The molecule has 102 valence electrons. The number of aliphatic hydroxyl groups is 1. The predicted octanol–water partition coefficient (Wildman–Crippen LogP) is 3.72. The lowest BCUT2D eigenvalue weighted by molar-refractivity contribution is -0.0450. The fourth-order valence-corrected chi connectivity index (χ4v) is 5.50. The van der Waals surface area contributed by atoms with Crippen molar-refractivity contribution in [3.8, 4) is 0 Å². The standard InChI is InChI=1S/C18H24O/c1-12-5-7-13(8-6-12)10-18(19)11-14-9-17(18)16-4-2-3-15(14)16/h5-8,14-17,19H,2-4,9-11H2,1H3. The van der Waals surface area contributed by atoms with E-state index in [1.54, 1.807) is 0 Å². The van der Waals surface area contributed by atoms with Crippen LogP contribution in [0, 0.1) is 30.6 Å². The van der Waals surface area contributed by atoms with Crippen LogP contribution in [0.15, 0.2) is 24.3 Å². The molecule has 0 aliphatic heterocycles. The van der Waals surface area contributed by atoms with Gasteiger partial charge in [0.05, 0.1) is 5.60 Å². The fourth-order valence-electron chi connectivity index (χ4n) is 5.50. The Balaban J connectivity index is 1.56. The number of hydrogen-bond donors (Lipinski definition) is 1. The minimum absolute atomic E-state index is 0.397. The van der Waals surface area contributed by atoms with E-state index in [9.17, 15) is 5.11 Å². The first-order valence-electron chi connectivity index (χ1n) is 7.94. The Morgan fingerprint density at radius 1 is 1.16 bits per heavy atom. The highest BCUT2D eigenvalue weighted by molar-refractivity contribution is 5.24. The average Bonchev–Trinajstić information content (AvgIpc) is 3.02. The smallest absolute Gasteiger partial charge is 0.0721 e. The molecule has 1 aromatic rings. The molecule has 0 amide bonds. The van der Waals surface area contributed by atoms with Gasteiger partial charge in [0, 0.05) is 6.42 Å². The van der Waals surface area contributed by atoms with Gasteiger partial charge in [0.15, 0.2) is 0 Å². The minimum Gasteiger partial charge on any atom is -0.389 e. The van der Waals surface area contributed by atoms with E-state index in [1.807, 2.05) is 0 Å². The van der Waals surface area contributed by atoms with Crippen LogP contribution in [0.3, 0.4) is 0 Å². The van der Waals surface area contributed by atoms with Crippen LogP contribution < -0.4 is 0 Å². The van der Waals surface area contributed by atoms with E-state index >= 15 is 0 Å². The molecule has 19 heavy (non-hydrogen) atoms. The molecule has 0 aromatic heterocycles. The number of hydrogen-bond acceptors (Lipinski definition) is 1. The van der Waals surface area contributed by atoms with Crippen LogP contribution in [0.1, 0.15) is 43.2 Å². The monoisotopic (exact) mass is 256 g/mol. The number of fused-ring (bicyclic) bond motifs is 5. The Morgan fingerprint density at radius 2 is 1.89 bits per heavy atom. The second kappa shape index (κ2) is 4.09. The molecule has 2 bridgehead atoms. The molecule has 3 aliphatic carbocycles. The first-order valence-corrected chi connectivity index (χ1v) is 7.94. The summed E-state index contributed by atoms with van der Waals surface area (Å²) in [6, 6.07) is 8.74. The van der Waals surface area contributed by atoms with Crippen molar-refractivity contribution in [1.29, 1.82) is 0 Å². The Hall–Kier alpha value is -0.820. The van der Waals surface area contributed by atoms with Crippen LogP contribution in [-0.2, 0) is 6.42 Å². The summed E-state index contributed by atoms with van der Waals surface area (Å²) in [5.74, 6) is 3.22. The summed E-state index contributed by atoms with van der Waals surface area (Å²) in [6.07, 6.45) is 7.46. The first-order chi connectivity index (χ1) is 9.16. The number of benzene rings is 1. The van der Waals surface area contributed by atoms with Crippen molar-refractivity contribution >= 4 is 0 Å². The summed E-state index contributed by atoms with van der Waals surface area (Å²) in [7, 11) is 0. The largest absolute Gasteiger partial charge is 0.389 e. The van der Waals surface area contributed by atoms with E-state index in [4.69, 9.17) is 0 Å². The molecule has 3 aliphatic rings. The SMILES string of the molecule is Cc1ccc(CC2(O)CC3CC2C2CCCC32)cc1. The van der Waals surface area contributed by atoms with Crippen LogP contribution in [0.4, 0.5) is 0 Å². The summed E-state index contributed by atoms with van der Waals surface area (Å²) in [6.45, 7) is 2.12. The van der Waals surface area contributed by atoms with Crippen LogP contribution in [0.25, 0.3) is 0 Å². The zero-order chi connectivity index (χ0) is 13.0. The summed E-state index contributed by atoms with van der Waals surface area (Å²) in [4.78, 5) is 0. The van der Waals surface area contributed by atoms with Gasteiger partial charge in [-0.2, -0.15) is 0 Å². The third-order valence-corrected chi connectivity index (χ3v) is 6.24. The van der Waals surface area contributed by atoms with Gasteiger partial charge in [-0.05, 0) is 61.8 Å². The predicted molar refractivity (Wildman–Crippen MR) is 76.9 cm³/mol. The Bertz CT molecular complexity index is 477. The maximum absolute atomic E-state index is 11.2. The van der Waals surface area contributed by atoms with Crippen molar-refractivity contribution < 1.29 is 5.11 Å². The van der Waals surface area contributed by atoms with Crippen molar-refractivity contribution in [3.05, 3.63) is 35.4 Å². The average molecular weight is 256 g/mol. The van der Waals surface area contributed by atoms with Crippen LogP contribution in [0.2, 0.25) is 0 Å². The first kappa shape index (κ1) is 12.0. The maximum Gasteiger partial charge on any atom is 0.0721 e. The summed E-state index contributed by atoms with van der Waals surface area (Å²) < 4.78 is 0. The number of rotatable bonds is 2. The van der Waals surface area contributed by atoms with Gasteiger partial charge in [0.2, 0.25) is 0 Å². The fraction of sp³-hybridized carbons (Fsp3) is 0.667. The van der Waals surface area contributed by atoms with E-state index < -0.39 is 5.60 Å². The summed E-state index contributed by atoms with van der Waals surface area (Å²) in [5.41, 5.74) is 2.22. The molecule has 0 heterocycles. The van der Waals surface area contributed by atoms with Crippen molar-refractivity contribution in [2.45, 2.75) is 51.0 Å². The van der Waals surface area contributed by atoms with Crippen molar-refractivity contribution in [2.24, 2.45) is 23.7 Å². The van der Waals surface area contributed by atoms with Crippen molar-refractivity contribution in [2.75, 3.05) is 0 Å². The van der Waals surface area contributed by atoms with Gasteiger partial charge in [-0.25, -0.2) is 0 Å². The van der Waals surface area contributed by atoms with Gasteiger partial charge < -0.3 is 5.11 Å². The molecule has 5 unspecified atom stereocenters. The molecular formula is C18H24O. The van der Waals surface area contributed by atoms with Gasteiger partial charge in [-0.3, -0.25) is 0 Å². The van der Waals surface area contributed by atoms with E-state index in [0.717, 1.165) is 30.6 Å². The molecule has 1 nitrogen and oxygen atoms in total. The molecule has 3 saturated carbocycles. The quantitative estimate of drug-likeness (QED) is 0.855. The second-order valence-electron chi connectivity index (χ2n) is 7.33. The van der Waals surface area contributed by atoms with E-state index in [-0.39, 0.29) is 0 Å². The Kier molecular flexibility index (Phi) is 2.57. The molecule has 1 heteroatoms. The van der Waals surface area contributed by atoms with E-state index in [0.29, 0.717) is 5.92 Å². The Labute approximate surface area is 116 Å². The highest BCUT2D eigenvalue weighted by atomic mass is 16.3. The molecular weight excluding hydrogens is 232 g/mol. The third-order valence-electron chi connectivity index (χ3n) is 6.24. The molecule has 1 aromatic carbocycles. The molecule has 0 radical (unpaired) electrons. The third kappa shape index (κ3) is 1.78. The number of aryl methyl sites for hydroxylation is 1. The lowest BCUT2D eigenvalue weighted by atomic mass is 9.70. The lowest BCUT2D eigenvalue weighted by Gasteiger charge is -2.39. The summed E-state index contributed by atoms with van der Waals surface area (Å²) in [5, 5.41) is 11.2. The normalized spacial score (nSPS) is 43.7. The van der Waals surface area contributed by atoms with Crippen molar-refractivity contribution in [1.82, 2.24) is 0 Å². The van der Waals surface area contributed by atoms with Crippen LogP contribution >= 0.6 is 0 Å². The highest BCUT2D eigenvalue weighted by Crippen LogP contribution is 2.62. The topological polar surface area (TPSA) is 20.2 Å². The van der Waals surface area contributed by atoms with E-state index in [1.165, 1.54) is 36.8 Å². The molecule has 3 fully saturated rings. The zero-order valence-electron chi connectivity index (χ0n) is 11.8. The molecule has 4 rings (SSSR count). The molecule has 0 spiro atoms. The van der Waals surface area contributed by atoms with Gasteiger partial charge in [0.25, 0.3) is 0 Å². The van der Waals surface area contributed by atoms with Gasteiger partial charge >= 0.3 is 0 Å². The zero-order valence-corrected chi connectivity index (χ0v) is 11.8. The molecule has 0 saturated heterocycles. The van der Waals surface area contributed by atoms with Gasteiger partial charge in [-0.1, -0.05) is 36.2 Å². The summed E-state index contributed by atoms with van der Waals surface area (Å²) >= 11 is 0. The van der Waals surface area contributed by atoms with Crippen LogP contribution in [0.5, 0.6) is 0 Å². The molecule has 5 atom stereocenters. The minimum atomic E-state index is -0.397. The van der Waals surface area contributed by atoms with Gasteiger partial charge in [-0.15, -0.1) is 0 Å². The van der Waals surface area contributed by atoms with E-state index in [2.05, 4.69) is 31.2 Å². The van der Waals surface area contributed by atoms with Gasteiger partial charge in [0.1, 0.15) is 0 Å². The maximum atomic E-state index is 11.2. The molecule has 1 N–H and O–H groups in total. The second-order valence-corrected chi connectivity index (χ2v) is 7.33. The lowest BCUT2D eigenvalue weighted by Crippen LogP contribution is -2.43.